The van der Waals surface area contributed by atoms with Gasteiger partial charge in [0.25, 0.3) is 0 Å². The normalized spacial score (nSPS) is 23.6. The summed E-state index contributed by atoms with van der Waals surface area (Å²) < 4.78 is 0. The van der Waals surface area contributed by atoms with Gasteiger partial charge < -0.3 is 10.6 Å². The highest BCUT2D eigenvalue weighted by Gasteiger charge is 2.33. The van der Waals surface area contributed by atoms with Gasteiger partial charge in [0.2, 0.25) is 5.91 Å². The van der Waals surface area contributed by atoms with Gasteiger partial charge >= 0.3 is 0 Å². The van der Waals surface area contributed by atoms with Gasteiger partial charge in [-0.3, -0.25) is 4.79 Å². The van der Waals surface area contributed by atoms with Gasteiger partial charge in [0.05, 0.1) is 6.04 Å². The van der Waals surface area contributed by atoms with Crippen LogP contribution in [-0.4, -0.2) is 41.4 Å². The van der Waals surface area contributed by atoms with Crippen LogP contribution in [0.3, 0.4) is 0 Å². The molecule has 0 bridgehead atoms. The van der Waals surface area contributed by atoms with Crippen molar-refractivity contribution in [3.63, 3.8) is 0 Å². The summed E-state index contributed by atoms with van der Waals surface area (Å²) in [6, 6.07) is 9.89. The lowest BCUT2D eigenvalue weighted by Crippen LogP contribution is -2.49. The molecule has 0 radical (unpaired) electrons. The second kappa shape index (κ2) is 7.14. The fourth-order valence-corrected chi connectivity index (χ4v) is 4.04. The predicted molar refractivity (Wildman–Crippen MR) is 85.8 cm³/mol. The van der Waals surface area contributed by atoms with E-state index in [2.05, 4.69) is 6.26 Å². The molecule has 2 N–H and O–H groups in total. The Morgan fingerprint density at radius 2 is 2.10 bits per heavy atom. The highest BCUT2D eigenvalue weighted by Crippen LogP contribution is 2.31. The van der Waals surface area contributed by atoms with Crippen LogP contribution in [0.1, 0.15) is 24.8 Å². The molecule has 0 aliphatic heterocycles. The van der Waals surface area contributed by atoms with Gasteiger partial charge in [-0.25, -0.2) is 0 Å². The first kappa shape index (κ1) is 15.4. The minimum atomic E-state index is -0.439. The van der Waals surface area contributed by atoms with E-state index in [0.717, 1.165) is 12.0 Å². The lowest BCUT2D eigenvalue weighted by Gasteiger charge is -2.31. The maximum absolute atomic E-state index is 12.5. The third kappa shape index (κ3) is 3.55. The molecule has 1 amide bonds. The molecule has 110 valence electrons. The van der Waals surface area contributed by atoms with Gasteiger partial charge in [0, 0.05) is 18.3 Å². The van der Waals surface area contributed by atoms with Crippen molar-refractivity contribution >= 4 is 17.7 Å². The van der Waals surface area contributed by atoms with Gasteiger partial charge in [0.1, 0.15) is 0 Å². The fraction of sp³-hybridized carbons (Fsp3) is 0.562. The molecular weight excluding hydrogens is 268 g/mol. The molecule has 0 saturated heterocycles. The highest BCUT2D eigenvalue weighted by molar-refractivity contribution is 7.99. The molecule has 20 heavy (non-hydrogen) atoms. The van der Waals surface area contributed by atoms with E-state index in [-0.39, 0.29) is 5.91 Å². The number of hydrogen-bond donors (Lipinski definition) is 1. The van der Waals surface area contributed by atoms with Crippen molar-refractivity contribution in [3.8, 4) is 0 Å². The maximum atomic E-state index is 12.5. The Bertz CT molecular complexity index is 437. The molecule has 0 heterocycles. The number of benzene rings is 1. The number of carbonyl (C=O) groups is 1. The third-order valence-corrected chi connectivity index (χ3v) is 5.34. The van der Waals surface area contributed by atoms with Crippen LogP contribution < -0.4 is 5.73 Å². The standard InChI is InChI=1S/C16H24N2OS/c1-18(14-9-6-10-15(14)20-2)16(19)13(17)11-12-7-4-3-5-8-12/h3-5,7-8,13-15H,6,9-11,17H2,1-2H3/t13-,14-,15+/m0/s1. The Balaban J connectivity index is 1.96. The summed E-state index contributed by atoms with van der Waals surface area (Å²) in [6.07, 6.45) is 6.26. The summed E-state index contributed by atoms with van der Waals surface area (Å²) in [5.41, 5.74) is 7.23. The van der Waals surface area contributed by atoms with E-state index in [9.17, 15) is 4.79 Å². The Labute approximate surface area is 125 Å². The summed E-state index contributed by atoms with van der Waals surface area (Å²) in [5.74, 6) is 0.0693. The average molecular weight is 292 g/mol. The minimum absolute atomic E-state index is 0.0693. The maximum Gasteiger partial charge on any atom is 0.239 e. The van der Waals surface area contributed by atoms with E-state index in [1.54, 1.807) is 0 Å². The summed E-state index contributed by atoms with van der Waals surface area (Å²) in [7, 11) is 1.91. The molecule has 1 saturated carbocycles. The van der Waals surface area contributed by atoms with Crippen LogP contribution in [0.4, 0.5) is 0 Å². The van der Waals surface area contributed by atoms with Gasteiger partial charge in [-0.1, -0.05) is 36.8 Å². The number of likely N-dealkylation sites (N-methyl/N-ethyl adjacent to an activating group) is 1. The lowest BCUT2D eigenvalue weighted by atomic mass is 10.0. The van der Waals surface area contributed by atoms with Crippen LogP contribution >= 0.6 is 11.8 Å². The molecule has 0 spiro atoms. The van der Waals surface area contributed by atoms with Crippen LogP contribution in [0.2, 0.25) is 0 Å². The average Bonchev–Trinajstić information content (AvgIpc) is 2.95. The zero-order chi connectivity index (χ0) is 14.5. The Morgan fingerprint density at radius 1 is 1.40 bits per heavy atom. The van der Waals surface area contributed by atoms with Gasteiger partial charge in [-0.15, -0.1) is 0 Å². The Kier molecular flexibility index (Phi) is 5.49. The molecule has 1 fully saturated rings. The quantitative estimate of drug-likeness (QED) is 0.906. The SMILES string of the molecule is CS[C@@H]1CCC[C@@H]1N(C)C(=O)[C@@H](N)Cc1ccccc1. The monoisotopic (exact) mass is 292 g/mol. The van der Waals surface area contributed by atoms with E-state index in [1.165, 1.54) is 12.8 Å². The third-order valence-electron chi connectivity index (χ3n) is 4.18. The van der Waals surface area contributed by atoms with Crippen molar-refractivity contribution < 1.29 is 4.79 Å². The van der Waals surface area contributed by atoms with Crippen LogP contribution in [0.5, 0.6) is 0 Å². The summed E-state index contributed by atoms with van der Waals surface area (Å²) >= 11 is 1.87. The molecule has 1 aliphatic rings. The van der Waals surface area contributed by atoms with Crippen molar-refractivity contribution in [1.29, 1.82) is 0 Å². The highest BCUT2D eigenvalue weighted by atomic mass is 32.2. The topological polar surface area (TPSA) is 46.3 Å². The number of nitrogens with zero attached hydrogens (tertiary/aromatic N) is 1. The summed E-state index contributed by atoms with van der Waals surface area (Å²) in [6.45, 7) is 0. The van der Waals surface area contributed by atoms with Crippen molar-refractivity contribution in [2.24, 2.45) is 5.73 Å². The van der Waals surface area contributed by atoms with E-state index >= 15 is 0 Å². The fourth-order valence-electron chi connectivity index (χ4n) is 3.00. The number of thioether (sulfide) groups is 1. The van der Waals surface area contributed by atoms with Crippen LogP contribution in [-0.2, 0) is 11.2 Å². The van der Waals surface area contributed by atoms with Gasteiger partial charge in [-0.05, 0) is 31.1 Å². The van der Waals surface area contributed by atoms with Gasteiger partial charge in [-0.2, -0.15) is 11.8 Å². The van der Waals surface area contributed by atoms with E-state index < -0.39 is 6.04 Å². The molecule has 3 atom stereocenters. The molecule has 1 aliphatic carbocycles. The molecule has 0 unspecified atom stereocenters. The molecule has 3 nitrogen and oxygen atoms in total. The number of amides is 1. The number of carbonyl (C=O) groups excluding carboxylic acids is 1. The molecular formula is C16H24N2OS. The van der Waals surface area contributed by atoms with E-state index in [4.69, 9.17) is 5.73 Å². The second-order valence-corrected chi connectivity index (χ2v) is 6.59. The Morgan fingerprint density at radius 3 is 2.75 bits per heavy atom. The molecule has 2 rings (SSSR count). The smallest absolute Gasteiger partial charge is 0.239 e. The van der Waals surface area contributed by atoms with Crippen molar-refractivity contribution in [1.82, 2.24) is 4.90 Å². The van der Waals surface area contributed by atoms with E-state index in [1.807, 2.05) is 54.0 Å². The molecule has 1 aromatic carbocycles. The number of nitrogens with two attached hydrogens (primary N) is 1. The number of hydrogen-bond acceptors (Lipinski definition) is 3. The van der Waals surface area contributed by atoms with Crippen LogP contribution in [0, 0.1) is 0 Å². The largest absolute Gasteiger partial charge is 0.340 e. The number of rotatable bonds is 5. The second-order valence-electron chi connectivity index (χ2n) is 5.52. The molecule has 1 aromatic rings. The van der Waals surface area contributed by atoms with Crippen molar-refractivity contribution in [3.05, 3.63) is 35.9 Å². The molecule has 4 heteroatoms. The zero-order valence-corrected chi connectivity index (χ0v) is 13.1. The first-order chi connectivity index (χ1) is 9.63. The van der Waals surface area contributed by atoms with Crippen molar-refractivity contribution in [2.75, 3.05) is 13.3 Å². The first-order valence-corrected chi connectivity index (χ1v) is 8.51. The summed E-state index contributed by atoms with van der Waals surface area (Å²) in [5, 5.41) is 0.563. The Hall–Kier alpha value is -1.00. The minimum Gasteiger partial charge on any atom is -0.340 e. The molecule has 0 aromatic heterocycles. The van der Waals surface area contributed by atoms with Gasteiger partial charge in [0.15, 0.2) is 0 Å². The van der Waals surface area contributed by atoms with Crippen LogP contribution in [0.15, 0.2) is 30.3 Å². The first-order valence-electron chi connectivity index (χ1n) is 7.22. The predicted octanol–water partition coefficient (Wildman–Crippen LogP) is 2.30. The summed E-state index contributed by atoms with van der Waals surface area (Å²) in [4.78, 5) is 14.4. The van der Waals surface area contributed by atoms with Crippen LogP contribution in [0.25, 0.3) is 0 Å². The zero-order valence-electron chi connectivity index (χ0n) is 12.3. The van der Waals surface area contributed by atoms with E-state index in [0.29, 0.717) is 17.7 Å². The lowest BCUT2D eigenvalue weighted by molar-refractivity contribution is -0.133. The van der Waals surface area contributed by atoms with Crippen molar-refractivity contribution in [2.45, 2.75) is 43.0 Å².